The lowest BCUT2D eigenvalue weighted by atomic mass is 10.0. The molecule has 0 fully saturated rings. The zero-order valence-electron chi connectivity index (χ0n) is 12.0. The van der Waals surface area contributed by atoms with Crippen molar-refractivity contribution in [2.45, 2.75) is 52.0 Å². The van der Waals surface area contributed by atoms with E-state index in [2.05, 4.69) is 47.2 Å². The van der Waals surface area contributed by atoms with E-state index in [-0.39, 0.29) is 0 Å². The molecule has 3 heteroatoms. The van der Waals surface area contributed by atoms with Crippen molar-refractivity contribution in [3.63, 3.8) is 0 Å². The van der Waals surface area contributed by atoms with Gasteiger partial charge in [-0.3, -0.25) is 0 Å². The lowest BCUT2D eigenvalue weighted by Crippen LogP contribution is -2.26. The molecule has 19 heavy (non-hydrogen) atoms. The number of ether oxygens (including phenoxy) is 1. The highest BCUT2D eigenvalue weighted by Crippen LogP contribution is 2.33. The van der Waals surface area contributed by atoms with Crippen LogP contribution in [0.3, 0.4) is 0 Å². The molecule has 0 bridgehead atoms. The van der Waals surface area contributed by atoms with Gasteiger partial charge in [-0.25, -0.2) is 0 Å². The molecular formula is C16H24BrNO. The highest BCUT2D eigenvalue weighted by molar-refractivity contribution is 9.10. The molecular weight excluding hydrogens is 302 g/mol. The Morgan fingerprint density at radius 3 is 3.05 bits per heavy atom. The van der Waals surface area contributed by atoms with Gasteiger partial charge in [0.15, 0.2) is 0 Å². The average molecular weight is 326 g/mol. The van der Waals surface area contributed by atoms with E-state index in [0.29, 0.717) is 6.04 Å². The van der Waals surface area contributed by atoms with Crippen molar-refractivity contribution in [3.05, 3.63) is 27.7 Å². The fraction of sp³-hybridized carbons (Fsp3) is 0.625. The molecule has 1 atom stereocenters. The molecule has 0 aromatic heterocycles. The van der Waals surface area contributed by atoms with Crippen LogP contribution in [0.5, 0.6) is 5.75 Å². The minimum atomic E-state index is 0.612. The van der Waals surface area contributed by atoms with E-state index in [1.807, 2.05) is 0 Å². The number of hydrogen-bond acceptors (Lipinski definition) is 2. The number of rotatable bonds is 7. The van der Waals surface area contributed by atoms with Gasteiger partial charge in [0.1, 0.15) is 5.75 Å². The Labute approximate surface area is 125 Å². The zero-order chi connectivity index (χ0) is 13.7. The minimum Gasteiger partial charge on any atom is -0.493 e. The van der Waals surface area contributed by atoms with E-state index in [9.17, 15) is 0 Å². The van der Waals surface area contributed by atoms with E-state index in [1.54, 1.807) is 0 Å². The quantitative estimate of drug-likeness (QED) is 0.815. The summed E-state index contributed by atoms with van der Waals surface area (Å²) in [5.74, 6) is 1.15. The Balaban J connectivity index is 1.86. The second kappa shape index (κ2) is 7.30. The molecule has 106 valence electrons. The van der Waals surface area contributed by atoms with Gasteiger partial charge in [0, 0.05) is 16.9 Å². The first kappa shape index (κ1) is 14.9. The largest absolute Gasteiger partial charge is 0.493 e. The van der Waals surface area contributed by atoms with E-state index < -0.39 is 0 Å². The molecule has 1 aliphatic rings. The number of halogens is 1. The van der Waals surface area contributed by atoms with Crippen LogP contribution in [0, 0.1) is 0 Å². The van der Waals surface area contributed by atoms with Gasteiger partial charge in [0.05, 0.1) is 6.61 Å². The first-order valence-corrected chi connectivity index (χ1v) is 8.17. The normalized spacial score (nSPS) is 15.1. The number of nitrogens with one attached hydrogen (secondary N) is 1. The number of aryl methyl sites for hydroxylation is 1. The molecule has 2 rings (SSSR count). The van der Waals surface area contributed by atoms with Gasteiger partial charge in [-0.1, -0.05) is 22.9 Å². The third-order valence-electron chi connectivity index (χ3n) is 3.65. The lowest BCUT2D eigenvalue weighted by molar-refractivity contribution is 0.352. The molecule has 2 nitrogen and oxygen atoms in total. The molecule has 0 saturated heterocycles. The predicted molar refractivity (Wildman–Crippen MR) is 84.0 cm³/mol. The molecule has 1 aliphatic heterocycles. The summed E-state index contributed by atoms with van der Waals surface area (Å²) in [5, 5.41) is 3.54. The lowest BCUT2D eigenvalue weighted by Gasteiger charge is -2.14. The smallest absolute Gasteiger partial charge is 0.125 e. The monoisotopic (exact) mass is 325 g/mol. The van der Waals surface area contributed by atoms with E-state index in [1.165, 1.54) is 34.9 Å². The number of benzene rings is 1. The van der Waals surface area contributed by atoms with Crippen LogP contribution in [-0.4, -0.2) is 19.2 Å². The zero-order valence-corrected chi connectivity index (χ0v) is 13.6. The molecule has 0 aliphatic carbocycles. The molecule has 1 aromatic carbocycles. The van der Waals surface area contributed by atoms with Crippen LogP contribution in [0.15, 0.2) is 16.6 Å². The van der Waals surface area contributed by atoms with Crippen molar-refractivity contribution in [1.82, 2.24) is 5.32 Å². The maximum absolute atomic E-state index is 5.77. The Kier molecular flexibility index (Phi) is 5.71. The average Bonchev–Trinajstić information content (AvgIpc) is 2.84. The summed E-state index contributed by atoms with van der Waals surface area (Å²) in [5.41, 5.74) is 2.73. The van der Waals surface area contributed by atoms with Gasteiger partial charge >= 0.3 is 0 Å². The van der Waals surface area contributed by atoms with Gasteiger partial charge in [0.25, 0.3) is 0 Å². The van der Waals surface area contributed by atoms with Crippen molar-refractivity contribution >= 4 is 15.9 Å². The van der Waals surface area contributed by atoms with Crippen LogP contribution in [0.1, 0.15) is 44.2 Å². The topological polar surface area (TPSA) is 21.3 Å². The van der Waals surface area contributed by atoms with E-state index in [0.717, 1.165) is 31.7 Å². The first-order valence-electron chi connectivity index (χ1n) is 7.38. The molecule has 1 unspecified atom stereocenters. The van der Waals surface area contributed by atoms with Crippen molar-refractivity contribution in [2.24, 2.45) is 0 Å². The minimum absolute atomic E-state index is 0.612. The highest BCUT2D eigenvalue weighted by atomic mass is 79.9. The molecule has 0 spiro atoms. The van der Waals surface area contributed by atoms with Gasteiger partial charge in [-0.15, -0.1) is 0 Å². The van der Waals surface area contributed by atoms with Gasteiger partial charge in [-0.05, 0) is 62.4 Å². The van der Waals surface area contributed by atoms with Crippen molar-refractivity contribution in [2.75, 3.05) is 13.2 Å². The first-order chi connectivity index (χ1) is 9.20. The van der Waals surface area contributed by atoms with Crippen LogP contribution >= 0.6 is 15.9 Å². The second-order valence-electron chi connectivity index (χ2n) is 5.40. The number of fused-ring (bicyclic) bond motifs is 1. The predicted octanol–water partition coefficient (Wildman–Crippen LogP) is 4.09. The maximum atomic E-state index is 5.77. The maximum Gasteiger partial charge on any atom is 0.125 e. The molecule has 1 aromatic rings. The van der Waals surface area contributed by atoms with Gasteiger partial charge in [0.2, 0.25) is 0 Å². The SMILES string of the molecule is CCCNC(C)CCCc1cc(Br)cc2c1OCC2. The summed E-state index contributed by atoms with van der Waals surface area (Å²) in [6, 6.07) is 5.02. The summed E-state index contributed by atoms with van der Waals surface area (Å²) in [6.45, 7) is 6.45. The summed E-state index contributed by atoms with van der Waals surface area (Å²) in [4.78, 5) is 0. The summed E-state index contributed by atoms with van der Waals surface area (Å²) < 4.78 is 6.95. The molecule has 0 amide bonds. The van der Waals surface area contributed by atoms with Crippen LogP contribution in [-0.2, 0) is 12.8 Å². The summed E-state index contributed by atoms with van der Waals surface area (Å²) >= 11 is 3.60. The fourth-order valence-corrected chi connectivity index (χ4v) is 3.18. The van der Waals surface area contributed by atoms with Crippen LogP contribution < -0.4 is 10.1 Å². The summed E-state index contributed by atoms with van der Waals surface area (Å²) in [6.07, 6.45) is 5.80. The van der Waals surface area contributed by atoms with Crippen molar-refractivity contribution in [3.8, 4) is 5.75 Å². The third kappa shape index (κ3) is 4.22. The van der Waals surface area contributed by atoms with E-state index in [4.69, 9.17) is 4.74 Å². The standard InChI is InChI=1S/C16H24BrNO/c1-3-8-18-12(2)5-4-6-13-10-15(17)11-14-7-9-19-16(13)14/h10-12,18H,3-9H2,1-2H3. The van der Waals surface area contributed by atoms with E-state index >= 15 is 0 Å². The Morgan fingerprint density at radius 2 is 2.26 bits per heavy atom. The fourth-order valence-electron chi connectivity index (χ4n) is 2.62. The summed E-state index contributed by atoms with van der Waals surface area (Å²) in [7, 11) is 0. The second-order valence-corrected chi connectivity index (χ2v) is 6.31. The Morgan fingerprint density at radius 1 is 1.42 bits per heavy atom. The molecule has 1 heterocycles. The van der Waals surface area contributed by atoms with Crippen LogP contribution in [0.2, 0.25) is 0 Å². The van der Waals surface area contributed by atoms with Crippen molar-refractivity contribution < 1.29 is 4.74 Å². The molecule has 1 N–H and O–H groups in total. The van der Waals surface area contributed by atoms with Crippen LogP contribution in [0.25, 0.3) is 0 Å². The van der Waals surface area contributed by atoms with Crippen LogP contribution in [0.4, 0.5) is 0 Å². The van der Waals surface area contributed by atoms with Gasteiger partial charge < -0.3 is 10.1 Å². The Bertz CT molecular complexity index is 419. The molecule has 0 radical (unpaired) electrons. The molecule has 0 saturated carbocycles. The van der Waals surface area contributed by atoms with Gasteiger partial charge in [-0.2, -0.15) is 0 Å². The van der Waals surface area contributed by atoms with Crippen molar-refractivity contribution in [1.29, 1.82) is 0 Å². The third-order valence-corrected chi connectivity index (χ3v) is 4.11. The highest BCUT2D eigenvalue weighted by Gasteiger charge is 2.17. The Hall–Kier alpha value is -0.540. The number of hydrogen-bond donors (Lipinski definition) is 1.